The monoisotopic (exact) mass is 1300 g/mol. The molecule has 20 rings (SSSR count). The lowest BCUT2D eigenvalue weighted by Crippen LogP contribution is -2.67. The van der Waals surface area contributed by atoms with Crippen LogP contribution in [0, 0.1) is 0 Å². The molecule has 12 heterocycles. The Morgan fingerprint density at radius 1 is 0.202 bits per heavy atom. The molecule has 4 aromatic carbocycles. The van der Waals surface area contributed by atoms with Gasteiger partial charge >= 0.3 is 0 Å². The minimum absolute atomic E-state index is 0.0694. The lowest BCUT2D eigenvalue weighted by Gasteiger charge is -2.71. The second kappa shape index (κ2) is 23.9. The Bertz CT molecular complexity index is 2980. The van der Waals surface area contributed by atoms with Gasteiger partial charge in [0.1, 0.15) is 176 Å². The molecule has 0 amide bonds. The van der Waals surface area contributed by atoms with Crippen molar-refractivity contribution in [3.8, 4) is 69.0 Å². The molecule has 16 aliphatic rings. The van der Waals surface area contributed by atoms with E-state index >= 15 is 0 Å². The maximum absolute atomic E-state index is 7.40. The molecule has 4 bridgehead atoms. The third-order valence-corrected chi connectivity index (χ3v) is 20.4. The van der Waals surface area contributed by atoms with Crippen LogP contribution in [0.3, 0.4) is 0 Å². The zero-order valence-electron chi connectivity index (χ0n) is 52.6. The van der Waals surface area contributed by atoms with E-state index in [1.54, 1.807) is 0 Å². The highest BCUT2D eigenvalue weighted by Crippen LogP contribution is 2.80. The first-order chi connectivity index (χ1) is 46.3. The maximum atomic E-state index is 7.40. The molecule has 24 nitrogen and oxygen atoms in total. The third kappa shape index (κ3) is 13.1. The molecular formula is C70H80O24. The molecule has 12 unspecified atom stereocenters. The highest BCUT2D eigenvalue weighted by molar-refractivity contribution is 5.70. The molecule has 94 heavy (non-hydrogen) atoms. The van der Waals surface area contributed by atoms with Gasteiger partial charge in [0.25, 0.3) is 0 Å². The minimum atomic E-state index is -0.977. The van der Waals surface area contributed by atoms with Crippen LogP contribution in [-0.2, 0) is 78.5 Å². The van der Waals surface area contributed by atoms with Gasteiger partial charge in [-0.3, -0.25) is 0 Å². The van der Waals surface area contributed by atoms with Gasteiger partial charge in [-0.25, -0.2) is 0 Å². The molecule has 504 valence electrons. The van der Waals surface area contributed by atoms with E-state index in [-0.39, 0.29) is 99.7 Å². The predicted molar refractivity (Wildman–Crippen MR) is 323 cm³/mol. The van der Waals surface area contributed by atoms with E-state index in [0.717, 1.165) is 22.3 Å². The van der Waals surface area contributed by atoms with Crippen molar-refractivity contribution in [2.75, 3.05) is 159 Å². The average molecular weight is 1310 g/mol. The fraction of sp³-hybridized carbons (Fsp3) is 0.657. The number of epoxide rings is 12. The first kappa shape index (κ1) is 59.3. The summed E-state index contributed by atoms with van der Waals surface area (Å²) in [6.45, 7) is 10.5. The molecule has 4 aromatic rings. The zero-order valence-corrected chi connectivity index (χ0v) is 52.6. The van der Waals surface area contributed by atoms with Crippen LogP contribution < -0.4 is 56.8 Å². The number of hydrogen-bond acceptors (Lipinski definition) is 24. The second-order valence-electron chi connectivity index (χ2n) is 28.4. The number of ether oxygens (including phenoxy) is 24. The highest BCUT2D eigenvalue weighted by atomic mass is 16.7. The van der Waals surface area contributed by atoms with Crippen LogP contribution in [0.2, 0.25) is 0 Å². The summed E-state index contributed by atoms with van der Waals surface area (Å²) >= 11 is 0. The highest BCUT2D eigenvalue weighted by Gasteiger charge is 2.74. The van der Waals surface area contributed by atoms with Crippen molar-refractivity contribution >= 4 is 0 Å². The largest absolute Gasteiger partial charge is 0.490 e. The van der Waals surface area contributed by atoms with Crippen LogP contribution in [0.25, 0.3) is 0 Å². The standard InChI is InChI=1S/C70H80O24/c1-5-55(87-25-43-13-75-43)63(91-29-47-17-79-47)59(51(1)83-21-39-9-71-39)67-33-68(60-52(84-22-40-10-72-40)2-6-56(88-26-44-14-76-44)64(60)92-30-48-18-80-48)36-69(34-67,61-53(85-23-41-11-73-41)3-7-57(89-27-45-15-77-45)65(61)93-31-49-19-81-49)38-70(35-67,37-68)62-54(86-24-42-12-74-42)4-8-58(90-28-46-16-78-46)66(62)94-32-50-20-82-50/h1-8,39-50H,9-38H2. The van der Waals surface area contributed by atoms with E-state index in [9.17, 15) is 0 Å². The predicted octanol–water partition coefficient (Wildman–Crippen LogP) is 5.45. The molecule has 0 aromatic heterocycles. The SMILES string of the molecule is c1cc(OCC2CO2)c(C23CC4(c5c(OCC6CO6)ccc(OCC6CO6)c5OCC5CO5)CC(c5c(OCC6CO6)ccc(OCC6CO6)c5OCC5CO5)(C2)CC(c2c(OCC5CO5)ccc(OCC5CO5)c2OCC2CO2)(C3)C4)c(OCC2CO2)c1OCC1CO1. The molecule has 24 heteroatoms. The quantitative estimate of drug-likeness (QED) is 0.0501. The van der Waals surface area contributed by atoms with Gasteiger partial charge in [-0.05, 0) is 87.1 Å². The molecule has 16 fully saturated rings. The van der Waals surface area contributed by atoms with E-state index < -0.39 is 21.7 Å². The lowest BCUT2D eigenvalue weighted by molar-refractivity contribution is -0.0754. The van der Waals surface area contributed by atoms with Gasteiger partial charge in [-0.1, -0.05) is 0 Å². The first-order valence-electron chi connectivity index (χ1n) is 33.9. The first-order valence-corrected chi connectivity index (χ1v) is 33.9. The topological polar surface area (TPSA) is 261 Å². The fourth-order valence-corrected chi connectivity index (χ4v) is 15.5. The average Bonchev–Trinajstić information content (AvgIpc) is 1.27. The van der Waals surface area contributed by atoms with Crippen molar-refractivity contribution in [3.63, 3.8) is 0 Å². The van der Waals surface area contributed by atoms with E-state index in [0.29, 0.717) is 240 Å². The van der Waals surface area contributed by atoms with Crippen LogP contribution in [-0.4, -0.2) is 232 Å². The second-order valence-corrected chi connectivity index (χ2v) is 28.4. The van der Waals surface area contributed by atoms with Crippen LogP contribution in [0.15, 0.2) is 48.5 Å². The number of benzene rings is 4. The van der Waals surface area contributed by atoms with Crippen LogP contribution in [0.1, 0.15) is 60.8 Å². The molecule has 4 aliphatic carbocycles. The Labute approximate surface area is 543 Å². The van der Waals surface area contributed by atoms with Gasteiger partial charge in [-0.2, -0.15) is 0 Å². The Hall–Kier alpha value is -6.00. The van der Waals surface area contributed by atoms with Crippen molar-refractivity contribution in [3.05, 3.63) is 70.8 Å². The molecule has 0 spiro atoms. The van der Waals surface area contributed by atoms with E-state index in [1.807, 2.05) is 24.3 Å². The summed E-state index contributed by atoms with van der Waals surface area (Å²) in [4.78, 5) is 0. The summed E-state index contributed by atoms with van der Waals surface area (Å²) in [5, 5.41) is 0. The Morgan fingerprint density at radius 2 is 0.330 bits per heavy atom. The normalized spacial score (nSPS) is 35.9. The number of hydrogen-bond donors (Lipinski definition) is 0. The molecular weight excluding hydrogens is 1220 g/mol. The summed E-state index contributed by atoms with van der Waals surface area (Å²) in [6, 6.07) is 16.1. The summed E-state index contributed by atoms with van der Waals surface area (Å²) in [5.41, 5.74) is -0.508. The Balaban J connectivity index is 0.913. The van der Waals surface area contributed by atoms with Gasteiger partial charge in [0.2, 0.25) is 0 Å². The van der Waals surface area contributed by atoms with Crippen molar-refractivity contribution < 1.29 is 114 Å². The van der Waals surface area contributed by atoms with Gasteiger partial charge < -0.3 is 114 Å². The van der Waals surface area contributed by atoms with Crippen LogP contribution in [0.4, 0.5) is 0 Å². The van der Waals surface area contributed by atoms with Crippen molar-refractivity contribution in [2.45, 2.75) is 133 Å². The molecule has 12 saturated heterocycles. The summed E-state index contributed by atoms with van der Waals surface area (Å²) in [5.74, 6) is 7.08. The summed E-state index contributed by atoms with van der Waals surface area (Å²) in [6.07, 6.45) is 1.85. The summed E-state index contributed by atoms with van der Waals surface area (Å²) in [7, 11) is 0. The van der Waals surface area contributed by atoms with E-state index in [4.69, 9.17) is 114 Å². The smallest absolute Gasteiger partial charge is 0.168 e. The lowest BCUT2D eigenvalue weighted by atomic mass is 9.31. The van der Waals surface area contributed by atoms with Crippen molar-refractivity contribution in [1.82, 2.24) is 0 Å². The van der Waals surface area contributed by atoms with Crippen molar-refractivity contribution in [2.24, 2.45) is 0 Å². The van der Waals surface area contributed by atoms with Gasteiger partial charge in [0, 0.05) is 43.9 Å². The van der Waals surface area contributed by atoms with E-state index in [2.05, 4.69) is 24.3 Å². The maximum Gasteiger partial charge on any atom is 0.168 e. The summed E-state index contributed by atoms with van der Waals surface area (Å²) < 4.78 is 158. The van der Waals surface area contributed by atoms with Gasteiger partial charge in [-0.15, -0.1) is 0 Å². The van der Waals surface area contributed by atoms with Crippen molar-refractivity contribution in [1.29, 1.82) is 0 Å². The minimum Gasteiger partial charge on any atom is -0.490 e. The Kier molecular flexibility index (Phi) is 15.1. The molecule has 12 aliphatic heterocycles. The van der Waals surface area contributed by atoms with E-state index in [1.165, 1.54) is 0 Å². The van der Waals surface area contributed by atoms with Crippen LogP contribution >= 0.6 is 0 Å². The molecule has 0 radical (unpaired) electrons. The third-order valence-electron chi connectivity index (χ3n) is 20.4. The number of rotatable bonds is 40. The molecule has 12 atom stereocenters. The van der Waals surface area contributed by atoms with Gasteiger partial charge in [0.05, 0.1) is 79.3 Å². The van der Waals surface area contributed by atoms with Crippen LogP contribution in [0.5, 0.6) is 69.0 Å². The van der Waals surface area contributed by atoms with Gasteiger partial charge in [0.15, 0.2) is 46.0 Å². The zero-order chi connectivity index (χ0) is 62.0. The molecule has 0 N–H and O–H groups in total. The molecule has 4 saturated carbocycles. The fourth-order valence-electron chi connectivity index (χ4n) is 15.5. The Morgan fingerprint density at radius 3 is 0.479 bits per heavy atom.